The number of rotatable bonds is 5. The zero-order valence-corrected chi connectivity index (χ0v) is 15.3. The van der Waals surface area contributed by atoms with Crippen molar-refractivity contribution in [2.24, 2.45) is 0 Å². The maximum absolute atomic E-state index is 14.4. The number of hydrogen-bond acceptors (Lipinski definition) is 2. The molecule has 25 heavy (non-hydrogen) atoms. The van der Waals surface area contributed by atoms with Crippen molar-refractivity contribution in [2.75, 3.05) is 6.54 Å². The molecule has 0 aromatic heterocycles. The summed E-state index contributed by atoms with van der Waals surface area (Å²) >= 11 is 3.34. The molecule has 0 saturated carbocycles. The molecule has 1 aliphatic heterocycles. The molecule has 1 unspecified atom stereocenters. The third kappa shape index (κ3) is 3.42. The first-order valence-corrected chi connectivity index (χ1v) is 8.89. The van der Waals surface area contributed by atoms with E-state index in [4.69, 9.17) is 0 Å². The minimum Gasteiger partial charge on any atom is -0.328 e. The molecule has 3 nitrogen and oxygen atoms in total. The fraction of sp³-hybridized carbons (Fsp3) is 0.200. The first-order chi connectivity index (χ1) is 12.0. The van der Waals surface area contributed by atoms with Gasteiger partial charge in [-0.3, -0.25) is 9.59 Å². The van der Waals surface area contributed by atoms with E-state index in [1.54, 1.807) is 47.4 Å². The lowest BCUT2D eigenvalue weighted by molar-refractivity contribution is -0.126. The van der Waals surface area contributed by atoms with Crippen LogP contribution >= 0.6 is 15.9 Å². The number of amides is 1. The van der Waals surface area contributed by atoms with Crippen LogP contribution in [0.2, 0.25) is 0 Å². The molecule has 0 fully saturated rings. The second-order valence-corrected chi connectivity index (χ2v) is 6.81. The van der Waals surface area contributed by atoms with Crippen molar-refractivity contribution in [3.05, 3.63) is 81.6 Å². The largest absolute Gasteiger partial charge is 0.328 e. The summed E-state index contributed by atoms with van der Waals surface area (Å²) in [5.74, 6) is -0.930. The van der Waals surface area contributed by atoms with Crippen molar-refractivity contribution in [3.63, 3.8) is 0 Å². The minimum absolute atomic E-state index is 0.254. The van der Waals surface area contributed by atoms with Gasteiger partial charge in [-0.2, -0.15) is 0 Å². The number of benzene rings is 2. The van der Waals surface area contributed by atoms with E-state index < -0.39 is 11.9 Å². The summed E-state index contributed by atoms with van der Waals surface area (Å²) in [5.41, 5.74) is 1.13. The smallest absolute Gasteiger partial charge is 0.247 e. The normalized spacial score (nSPS) is 16.9. The molecule has 2 aromatic carbocycles. The van der Waals surface area contributed by atoms with Crippen LogP contribution in [0.15, 0.2) is 64.7 Å². The van der Waals surface area contributed by atoms with Gasteiger partial charge in [0.15, 0.2) is 5.78 Å². The van der Waals surface area contributed by atoms with Gasteiger partial charge in [0, 0.05) is 33.8 Å². The van der Waals surface area contributed by atoms with Gasteiger partial charge in [0.25, 0.3) is 0 Å². The molecule has 1 atom stereocenters. The Morgan fingerprint density at radius 3 is 2.48 bits per heavy atom. The van der Waals surface area contributed by atoms with Gasteiger partial charge in [0.05, 0.1) is 6.04 Å². The molecule has 0 saturated heterocycles. The zero-order valence-electron chi connectivity index (χ0n) is 13.7. The van der Waals surface area contributed by atoms with E-state index in [0.717, 1.165) is 10.9 Å². The van der Waals surface area contributed by atoms with Gasteiger partial charge in [-0.25, -0.2) is 4.39 Å². The number of carbonyl (C=O) groups is 2. The van der Waals surface area contributed by atoms with E-state index in [2.05, 4.69) is 15.9 Å². The van der Waals surface area contributed by atoms with E-state index in [0.29, 0.717) is 23.2 Å². The fourth-order valence-corrected chi connectivity index (χ4v) is 3.32. The SMILES string of the molecule is CCCN1C(=O)C=C(C(=O)c2ccc(Br)cc2)C1c1ccccc1F. The highest BCUT2D eigenvalue weighted by atomic mass is 79.9. The highest BCUT2D eigenvalue weighted by molar-refractivity contribution is 9.10. The number of hydrogen-bond donors (Lipinski definition) is 0. The molecule has 1 heterocycles. The van der Waals surface area contributed by atoms with Crippen molar-refractivity contribution in [3.8, 4) is 0 Å². The van der Waals surface area contributed by atoms with Crippen molar-refractivity contribution < 1.29 is 14.0 Å². The average molecular weight is 402 g/mol. The molecular formula is C20H17BrFNO2. The zero-order chi connectivity index (χ0) is 18.0. The van der Waals surface area contributed by atoms with Gasteiger partial charge in [0.2, 0.25) is 5.91 Å². The van der Waals surface area contributed by atoms with Gasteiger partial charge in [0.1, 0.15) is 5.82 Å². The lowest BCUT2D eigenvalue weighted by Gasteiger charge is -2.27. The van der Waals surface area contributed by atoms with E-state index in [1.165, 1.54) is 12.1 Å². The summed E-state index contributed by atoms with van der Waals surface area (Å²) in [6, 6.07) is 12.5. The lowest BCUT2D eigenvalue weighted by Crippen LogP contribution is -2.31. The van der Waals surface area contributed by atoms with Crippen LogP contribution in [0.25, 0.3) is 0 Å². The maximum atomic E-state index is 14.4. The Balaban J connectivity index is 2.05. The molecular weight excluding hydrogens is 385 g/mol. The van der Waals surface area contributed by atoms with Crippen LogP contribution < -0.4 is 0 Å². The first kappa shape index (κ1) is 17.5. The van der Waals surface area contributed by atoms with Crippen molar-refractivity contribution in [1.82, 2.24) is 4.90 Å². The molecule has 0 radical (unpaired) electrons. The Kier molecular flexibility index (Phi) is 5.13. The number of carbonyl (C=O) groups excluding carboxylic acids is 2. The molecule has 5 heteroatoms. The summed E-state index contributed by atoms with van der Waals surface area (Å²) in [7, 11) is 0. The topological polar surface area (TPSA) is 37.4 Å². The molecule has 2 aromatic rings. The Morgan fingerprint density at radius 2 is 1.84 bits per heavy atom. The summed E-state index contributed by atoms with van der Waals surface area (Å²) in [5, 5.41) is 0. The van der Waals surface area contributed by atoms with Crippen LogP contribution in [0.4, 0.5) is 4.39 Å². The third-order valence-corrected chi connectivity index (χ3v) is 4.73. The predicted molar refractivity (Wildman–Crippen MR) is 97.7 cm³/mol. The van der Waals surface area contributed by atoms with Crippen molar-refractivity contribution in [2.45, 2.75) is 19.4 Å². The Bertz CT molecular complexity index is 845. The number of halogens is 2. The Labute approximate surface area is 154 Å². The quantitative estimate of drug-likeness (QED) is 0.681. The van der Waals surface area contributed by atoms with Crippen LogP contribution in [0.5, 0.6) is 0 Å². The molecule has 0 N–H and O–H groups in total. The second kappa shape index (κ2) is 7.31. The number of nitrogens with zero attached hydrogens (tertiary/aromatic N) is 1. The van der Waals surface area contributed by atoms with Gasteiger partial charge < -0.3 is 4.90 Å². The van der Waals surface area contributed by atoms with Gasteiger partial charge in [-0.1, -0.05) is 41.1 Å². The van der Waals surface area contributed by atoms with E-state index in [9.17, 15) is 14.0 Å². The number of ketones is 1. The highest BCUT2D eigenvalue weighted by Gasteiger charge is 2.38. The van der Waals surface area contributed by atoms with Crippen molar-refractivity contribution in [1.29, 1.82) is 0 Å². The van der Waals surface area contributed by atoms with Crippen LogP contribution in [-0.4, -0.2) is 23.1 Å². The first-order valence-electron chi connectivity index (χ1n) is 8.09. The standard InChI is InChI=1S/C20H17BrFNO2/c1-2-11-23-18(24)12-16(19(23)15-5-3-4-6-17(15)22)20(25)13-7-9-14(21)10-8-13/h3-10,12,19H,2,11H2,1H3. The lowest BCUT2D eigenvalue weighted by atomic mass is 9.93. The monoisotopic (exact) mass is 401 g/mol. The number of Topliss-reactive ketones (excluding diaryl/α,β-unsaturated/α-hetero) is 1. The van der Waals surface area contributed by atoms with Gasteiger partial charge >= 0.3 is 0 Å². The Morgan fingerprint density at radius 1 is 1.16 bits per heavy atom. The average Bonchev–Trinajstić information content (AvgIpc) is 2.92. The van der Waals surface area contributed by atoms with E-state index in [-0.39, 0.29) is 11.7 Å². The molecule has 3 rings (SSSR count). The van der Waals surface area contributed by atoms with Crippen LogP contribution in [0.3, 0.4) is 0 Å². The molecule has 0 aliphatic carbocycles. The summed E-state index contributed by atoms with van der Waals surface area (Å²) in [4.78, 5) is 27.0. The minimum atomic E-state index is -0.690. The van der Waals surface area contributed by atoms with E-state index in [1.807, 2.05) is 6.92 Å². The van der Waals surface area contributed by atoms with Gasteiger partial charge in [-0.15, -0.1) is 0 Å². The fourth-order valence-electron chi connectivity index (χ4n) is 3.06. The Hall–Kier alpha value is -2.27. The highest BCUT2D eigenvalue weighted by Crippen LogP contribution is 2.37. The van der Waals surface area contributed by atoms with Gasteiger partial charge in [-0.05, 0) is 36.8 Å². The van der Waals surface area contributed by atoms with Crippen molar-refractivity contribution >= 4 is 27.6 Å². The maximum Gasteiger partial charge on any atom is 0.247 e. The molecule has 1 aliphatic rings. The summed E-state index contributed by atoms with van der Waals surface area (Å²) in [6.07, 6.45) is 2.07. The van der Waals surface area contributed by atoms with Crippen LogP contribution in [0, 0.1) is 5.82 Å². The second-order valence-electron chi connectivity index (χ2n) is 5.89. The molecule has 0 bridgehead atoms. The predicted octanol–water partition coefficient (Wildman–Crippen LogP) is 4.69. The summed E-state index contributed by atoms with van der Waals surface area (Å²) < 4.78 is 15.3. The van der Waals surface area contributed by atoms with Crippen LogP contribution in [0.1, 0.15) is 35.3 Å². The molecule has 128 valence electrons. The summed E-state index contributed by atoms with van der Waals surface area (Å²) in [6.45, 7) is 2.41. The van der Waals surface area contributed by atoms with Crippen LogP contribution in [-0.2, 0) is 4.79 Å². The van der Waals surface area contributed by atoms with E-state index >= 15 is 0 Å². The molecule has 0 spiro atoms. The third-order valence-electron chi connectivity index (χ3n) is 4.20. The molecule has 1 amide bonds.